The van der Waals surface area contributed by atoms with Gasteiger partial charge >= 0.3 is 12.4 Å². The Morgan fingerprint density at radius 3 is 1.61 bits per heavy atom. The monoisotopic (exact) mass is 382 g/mol. The summed E-state index contributed by atoms with van der Waals surface area (Å²) < 4.78 is 74.8. The fraction of sp³-hybridized carbons (Fsp3) is 0.455. The van der Waals surface area contributed by atoms with Gasteiger partial charge in [0.15, 0.2) is 0 Å². The Morgan fingerprint density at radius 1 is 0.944 bits per heavy atom. The molecule has 0 aliphatic rings. The molecule has 7 heteroatoms. The fourth-order valence-electron chi connectivity index (χ4n) is 1.40. The summed E-state index contributed by atoms with van der Waals surface area (Å²) in [5, 5.41) is 0. The number of hydrogen-bond donors (Lipinski definition) is 0. The number of rotatable bonds is 2. The van der Waals surface area contributed by atoms with Crippen LogP contribution in [0.4, 0.5) is 26.3 Å². The molecule has 0 aliphatic heterocycles. The molecule has 0 heterocycles. The number of halogens is 7. The average Bonchev–Trinajstić information content (AvgIpc) is 2.25. The van der Waals surface area contributed by atoms with Crippen LogP contribution in [-0.2, 0) is 12.4 Å². The van der Waals surface area contributed by atoms with Gasteiger partial charge in [-0.1, -0.05) is 29.5 Å². The molecule has 1 rings (SSSR count). The Morgan fingerprint density at radius 2 is 1.33 bits per heavy atom. The minimum atomic E-state index is -4.78. The SMILES string of the molecule is CCC(I)c1cc(C(F)(F)F)cc(C(F)(F)F)c1. The van der Waals surface area contributed by atoms with Crippen molar-refractivity contribution in [2.75, 3.05) is 0 Å². The minimum absolute atomic E-state index is 0.0419. The lowest BCUT2D eigenvalue weighted by Gasteiger charge is -2.16. The first-order valence-corrected chi connectivity index (χ1v) is 6.23. The van der Waals surface area contributed by atoms with Crippen molar-refractivity contribution in [2.24, 2.45) is 0 Å². The van der Waals surface area contributed by atoms with E-state index in [4.69, 9.17) is 0 Å². The zero-order valence-electron chi connectivity index (χ0n) is 9.16. The molecular weight excluding hydrogens is 373 g/mol. The van der Waals surface area contributed by atoms with Crippen molar-refractivity contribution in [3.05, 3.63) is 34.9 Å². The van der Waals surface area contributed by atoms with E-state index in [9.17, 15) is 26.3 Å². The molecule has 1 unspecified atom stereocenters. The molecule has 0 saturated carbocycles. The van der Waals surface area contributed by atoms with E-state index >= 15 is 0 Å². The van der Waals surface area contributed by atoms with Gasteiger partial charge in [0.25, 0.3) is 0 Å². The molecule has 1 aromatic rings. The van der Waals surface area contributed by atoms with E-state index in [2.05, 4.69) is 0 Å². The highest BCUT2D eigenvalue weighted by molar-refractivity contribution is 14.1. The number of hydrogen-bond acceptors (Lipinski definition) is 0. The second-order valence-corrected chi connectivity index (χ2v) is 5.22. The predicted molar refractivity (Wildman–Crippen MR) is 63.5 cm³/mol. The van der Waals surface area contributed by atoms with E-state index in [1.807, 2.05) is 22.6 Å². The Hall–Kier alpha value is -0.470. The van der Waals surface area contributed by atoms with Gasteiger partial charge in [-0.25, -0.2) is 0 Å². The Balaban J connectivity index is 3.39. The molecule has 0 fully saturated rings. The van der Waals surface area contributed by atoms with E-state index in [1.165, 1.54) is 0 Å². The van der Waals surface area contributed by atoms with E-state index in [0.29, 0.717) is 6.42 Å². The zero-order chi connectivity index (χ0) is 14.1. The molecule has 1 atom stereocenters. The van der Waals surface area contributed by atoms with Crippen LogP contribution in [0, 0.1) is 0 Å². The summed E-state index contributed by atoms with van der Waals surface area (Å²) in [5.74, 6) is 0. The molecule has 0 bridgehead atoms. The molecule has 0 aromatic heterocycles. The maximum Gasteiger partial charge on any atom is 0.416 e. The maximum atomic E-state index is 12.5. The van der Waals surface area contributed by atoms with Crippen molar-refractivity contribution in [1.82, 2.24) is 0 Å². The highest BCUT2D eigenvalue weighted by Gasteiger charge is 2.37. The van der Waals surface area contributed by atoms with Crippen LogP contribution >= 0.6 is 22.6 Å². The van der Waals surface area contributed by atoms with Gasteiger partial charge in [-0.05, 0) is 30.2 Å². The molecular formula is C11H9F6I. The lowest BCUT2D eigenvalue weighted by Crippen LogP contribution is -2.12. The van der Waals surface area contributed by atoms with Crippen LogP contribution in [0.25, 0.3) is 0 Å². The number of benzene rings is 1. The van der Waals surface area contributed by atoms with E-state index in [-0.39, 0.29) is 15.6 Å². The van der Waals surface area contributed by atoms with Crippen LogP contribution in [0.15, 0.2) is 18.2 Å². The maximum absolute atomic E-state index is 12.5. The molecule has 0 spiro atoms. The quantitative estimate of drug-likeness (QED) is 0.354. The van der Waals surface area contributed by atoms with E-state index in [0.717, 1.165) is 12.1 Å². The molecule has 0 nitrogen and oxygen atoms in total. The van der Waals surface area contributed by atoms with Gasteiger partial charge in [-0.2, -0.15) is 26.3 Å². The van der Waals surface area contributed by atoms with Crippen LogP contribution in [0.5, 0.6) is 0 Å². The van der Waals surface area contributed by atoms with Gasteiger partial charge in [0.05, 0.1) is 11.1 Å². The molecule has 18 heavy (non-hydrogen) atoms. The van der Waals surface area contributed by atoms with Gasteiger partial charge in [-0.3, -0.25) is 0 Å². The summed E-state index contributed by atoms with van der Waals surface area (Å²) in [7, 11) is 0. The molecule has 0 aliphatic carbocycles. The van der Waals surface area contributed by atoms with Crippen LogP contribution in [0.3, 0.4) is 0 Å². The normalized spacial score (nSPS) is 14.7. The van der Waals surface area contributed by atoms with Crippen LogP contribution < -0.4 is 0 Å². The van der Waals surface area contributed by atoms with Crippen molar-refractivity contribution in [3.8, 4) is 0 Å². The summed E-state index contributed by atoms with van der Waals surface area (Å²) in [6.07, 6.45) is -9.10. The van der Waals surface area contributed by atoms with Crippen LogP contribution in [0.2, 0.25) is 0 Å². The minimum Gasteiger partial charge on any atom is -0.166 e. The van der Waals surface area contributed by atoms with Crippen molar-refractivity contribution in [1.29, 1.82) is 0 Å². The van der Waals surface area contributed by atoms with Crippen LogP contribution in [0.1, 0.15) is 34.0 Å². The molecule has 0 amide bonds. The third-order valence-corrected chi connectivity index (χ3v) is 3.93. The highest BCUT2D eigenvalue weighted by Crippen LogP contribution is 2.39. The lowest BCUT2D eigenvalue weighted by molar-refractivity contribution is -0.143. The molecule has 102 valence electrons. The highest BCUT2D eigenvalue weighted by atomic mass is 127. The summed E-state index contributed by atoms with van der Waals surface area (Å²) in [5.41, 5.74) is -2.48. The standard InChI is InChI=1S/C11H9F6I/c1-2-9(18)6-3-7(10(12,13)14)5-8(4-6)11(15,16)17/h3-5,9H,2H2,1H3. The summed E-state index contributed by atoms with van der Waals surface area (Å²) in [4.78, 5) is 0. The largest absolute Gasteiger partial charge is 0.416 e. The summed E-state index contributed by atoms with van der Waals surface area (Å²) >= 11 is 1.83. The second kappa shape index (κ2) is 5.26. The van der Waals surface area contributed by atoms with Gasteiger partial charge in [0, 0.05) is 3.92 Å². The van der Waals surface area contributed by atoms with Gasteiger partial charge < -0.3 is 0 Å². The molecule has 1 aromatic carbocycles. The van der Waals surface area contributed by atoms with Gasteiger partial charge in [0.1, 0.15) is 0 Å². The van der Waals surface area contributed by atoms with Crippen molar-refractivity contribution < 1.29 is 26.3 Å². The predicted octanol–water partition coefficient (Wildman–Crippen LogP) is 5.61. The number of alkyl halides is 7. The van der Waals surface area contributed by atoms with E-state index in [1.54, 1.807) is 6.92 Å². The van der Waals surface area contributed by atoms with E-state index < -0.39 is 23.5 Å². The Labute approximate surface area is 114 Å². The summed E-state index contributed by atoms with van der Waals surface area (Å²) in [6, 6.07) is 1.69. The van der Waals surface area contributed by atoms with Gasteiger partial charge in [-0.15, -0.1) is 0 Å². The fourth-order valence-corrected chi connectivity index (χ4v) is 1.76. The van der Waals surface area contributed by atoms with Crippen molar-refractivity contribution in [2.45, 2.75) is 29.6 Å². The third kappa shape index (κ3) is 3.76. The molecule has 0 saturated heterocycles. The second-order valence-electron chi connectivity index (χ2n) is 3.71. The Kier molecular flexibility index (Phi) is 4.56. The molecule has 0 N–H and O–H groups in total. The Bertz CT molecular complexity index is 388. The zero-order valence-corrected chi connectivity index (χ0v) is 11.3. The molecule has 0 radical (unpaired) electrons. The lowest BCUT2D eigenvalue weighted by atomic mass is 10.0. The smallest absolute Gasteiger partial charge is 0.166 e. The topological polar surface area (TPSA) is 0 Å². The third-order valence-electron chi connectivity index (χ3n) is 2.33. The first-order valence-electron chi connectivity index (χ1n) is 4.99. The first-order chi connectivity index (χ1) is 8.05. The average molecular weight is 382 g/mol. The van der Waals surface area contributed by atoms with Gasteiger partial charge in [0.2, 0.25) is 0 Å². The summed E-state index contributed by atoms with van der Waals surface area (Å²) in [6.45, 7) is 1.70. The van der Waals surface area contributed by atoms with Crippen LogP contribution in [-0.4, -0.2) is 0 Å². The van der Waals surface area contributed by atoms with Crippen molar-refractivity contribution in [3.63, 3.8) is 0 Å². The van der Waals surface area contributed by atoms with Crippen molar-refractivity contribution >= 4 is 22.6 Å². The first kappa shape index (κ1) is 15.6.